The van der Waals surface area contributed by atoms with Gasteiger partial charge < -0.3 is 4.57 Å². The number of hydrogen-bond donors (Lipinski definition) is 0. The fourth-order valence-corrected chi connectivity index (χ4v) is 4.21. The number of halogens is 1. The highest BCUT2D eigenvalue weighted by Gasteiger charge is 2.25. The SMILES string of the molecule is Cc1nnn(C)c1-c1ccc2nc(C)n(C(c3ccccc3)c3ncccc3F)c2c1. The second-order valence-electron chi connectivity index (χ2n) is 7.56. The van der Waals surface area contributed by atoms with Crippen LogP contribution in [0.25, 0.3) is 22.3 Å². The minimum atomic E-state index is -0.451. The van der Waals surface area contributed by atoms with Gasteiger partial charge in [-0.3, -0.25) is 4.98 Å². The standard InChI is InChI=1S/C24H21FN6/c1-15-23(30(3)29-28-15)18-11-12-20-21(14-18)31(16(2)27-20)24(17-8-5-4-6-9-17)22-19(25)10-7-13-26-22/h4-14,24H,1-3H3. The van der Waals surface area contributed by atoms with Crippen molar-refractivity contribution in [2.24, 2.45) is 7.05 Å². The molecule has 0 aliphatic rings. The Morgan fingerprint density at radius 1 is 0.968 bits per heavy atom. The predicted molar refractivity (Wildman–Crippen MR) is 117 cm³/mol. The van der Waals surface area contributed by atoms with E-state index in [1.54, 1.807) is 16.9 Å². The number of benzene rings is 2. The van der Waals surface area contributed by atoms with E-state index in [0.717, 1.165) is 39.4 Å². The molecule has 0 radical (unpaired) electrons. The van der Waals surface area contributed by atoms with Crippen molar-refractivity contribution in [1.29, 1.82) is 0 Å². The smallest absolute Gasteiger partial charge is 0.147 e. The molecule has 0 saturated heterocycles. The van der Waals surface area contributed by atoms with Crippen molar-refractivity contribution in [2.45, 2.75) is 19.9 Å². The maximum Gasteiger partial charge on any atom is 0.147 e. The molecule has 1 atom stereocenters. The van der Waals surface area contributed by atoms with Crippen LogP contribution in [-0.4, -0.2) is 29.5 Å². The molecule has 0 bridgehead atoms. The van der Waals surface area contributed by atoms with Gasteiger partial charge in [-0.2, -0.15) is 0 Å². The average molecular weight is 412 g/mol. The molecule has 0 amide bonds. The molecule has 5 aromatic rings. The molecule has 6 nitrogen and oxygen atoms in total. The Labute approximate surface area is 179 Å². The van der Waals surface area contributed by atoms with Crippen LogP contribution in [0.3, 0.4) is 0 Å². The van der Waals surface area contributed by atoms with E-state index in [9.17, 15) is 4.39 Å². The van der Waals surface area contributed by atoms with E-state index in [2.05, 4.69) is 25.9 Å². The lowest BCUT2D eigenvalue weighted by molar-refractivity contribution is 0.556. The fourth-order valence-electron chi connectivity index (χ4n) is 4.21. The molecule has 31 heavy (non-hydrogen) atoms. The van der Waals surface area contributed by atoms with Crippen LogP contribution in [0.15, 0.2) is 66.9 Å². The molecule has 1 unspecified atom stereocenters. The Bertz CT molecular complexity index is 1370. The Balaban J connectivity index is 1.79. The zero-order valence-electron chi connectivity index (χ0n) is 17.5. The number of rotatable bonds is 4. The van der Waals surface area contributed by atoms with Gasteiger partial charge in [0.2, 0.25) is 0 Å². The van der Waals surface area contributed by atoms with E-state index in [4.69, 9.17) is 4.98 Å². The fraction of sp³-hybridized carbons (Fsp3) is 0.167. The second kappa shape index (κ2) is 7.43. The molecule has 0 aliphatic heterocycles. The quantitative estimate of drug-likeness (QED) is 0.432. The molecule has 0 saturated carbocycles. The van der Waals surface area contributed by atoms with E-state index >= 15 is 0 Å². The summed E-state index contributed by atoms with van der Waals surface area (Å²) in [6.45, 7) is 3.87. The van der Waals surface area contributed by atoms with Gasteiger partial charge in [0, 0.05) is 18.8 Å². The summed E-state index contributed by atoms with van der Waals surface area (Å²) in [5.74, 6) is 0.436. The van der Waals surface area contributed by atoms with Gasteiger partial charge in [-0.05, 0) is 43.7 Å². The van der Waals surface area contributed by atoms with Gasteiger partial charge in [0.25, 0.3) is 0 Å². The van der Waals surface area contributed by atoms with Gasteiger partial charge in [-0.25, -0.2) is 14.1 Å². The Hall–Kier alpha value is -3.87. The lowest BCUT2D eigenvalue weighted by Gasteiger charge is -2.22. The minimum absolute atomic E-state index is 0.347. The van der Waals surface area contributed by atoms with Crippen LogP contribution in [-0.2, 0) is 7.05 Å². The molecule has 154 valence electrons. The number of fused-ring (bicyclic) bond motifs is 1. The highest BCUT2D eigenvalue weighted by Crippen LogP contribution is 2.34. The average Bonchev–Trinajstić information content (AvgIpc) is 3.28. The number of aromatic nitrogens is 6. The van der Waals surface area contributed by atoms with Crippen molar-refractivity contribution >= 4 is 11.0 Å². The van der Waals surface area contributed by atoms with E-state index in [-0.39, 0.29) is 5.82 Å². The number of imidazole rings is 1. The van der Waals surface area contributed by atoms with Gasteiger partial charge in [0.1, 0.15) is 23.4 Å². The predicted octanol–water partition coefficient (Wildman–Crippen LogP) is 4.62. The van der Waals surface area contributed by atoms with Gasteiger partial charge in [0.05, 0.1) is 22.4 Å². The summed E-state index contributed by atoms with van der Waals surface area (Å²) in [6, 6.07) is 18.5. The van der Waals surface area contributed by atoms with Crippen molar-refractivity contribution in [3.05, 3.63) is 95.5 Å². The summed E-state index contributed by atoms with van der Waals surface area (Å²) in [4.78, 5) is 9.17. The number of aryl methyl sites for hydroxylation is 3. The highest BCUT2D eigenvalue weighted by molar-refractivity contribution is 5.83. The summed E-state index contributed by atoms with van der Waals surface area (Å²) >= 11 is 0. The molecule has 0 N–H and O–H groups in total. The summed E-state index contributed by atoms with van der Waals surface area (Å²) in [7, 11) is 1.87. The maximum absolute atomic E-state index is 14.9. The maximum atomic E-state index is 14.9. The molecule has 3 aromatic heterocycles. The summed E-state index contributed by atoms with van der Waals surface area (Å²) in [5, 5.41) is 8.30. The minimum Gasteiger partial charge on any atom is -0.315 e. The summed E-state index contributed by atoms with van der Waals surface area (Å²) < 4.78 is 18.8. The first-order valence-corrected chi connectivity index (χ1v) is 10.0. The highest BCUT2D eigenvalue weighted by atomic mass is 19.1. The Morgan fingerprint density at radius 2 is 1.77 bits per heavy atom. The second-order valence-corrected chi connectivity index (χ2v) is 7.56. The Kier molecular flexibility index (Phi) is 4.58. The van der Waals surface area contributed by atoms with Gasteiger partial charge in [-0.15, -0.1) is 5.10 Å². The van der Waals surface area contributed by atoms with Crippen LogP contribution in [0.5, 0.6) is 0 Å². The Morgan fingerprint density at radius 3 is 2.48 bits per heavy atom. The van der Waals surface area contributed by atoms with E-state index in [1.165, 1.54) is 6.07 Å². The molecule has 0 fully saturated rings. The number of nitrogens with zero attached hydrogens (tertiary/aromatic N) is 6. The molecule has 0 aliphatic carbocycles. The topological polar surface area (TPSA) is 61.4 Å². The molecule has 0 spiro atoms. The monoisotopic (exact) mass is 412 g/mol. The van der Waals surface area contributed by atoms with Crippen LogP contribution in [0.1, 0.15) is 28.8 Å². The van der Waals surface area contributed by atoms with Crippen molar-refractivity contribution in [3.8, 4) is 11.3 Å². The molecular weight excluding hydrogens is 391 g/mol. The van der Waals surface area contributed by atoms with Gasteiger partial charge >= 0.3 is 0 Å². The van der Waals surface area contributed by atoms with Crippen molar-refractivity contribution in [3.63, 3.8) is 0 Å². The lowest BCUT2D eigenvalue weighted by Crippen LogP contribution is -2.17. The molecule has 7 heteroatoms. The summed E-state index contributed by atoms with van der Waals surface area (Å²) in [5.41, 5.74) is 5.80. The molecule has 2 aromatic carbocycles. The van der Waals surface area contributed by atoms with Crippen molar-refractivity contribution in [2.75, 3.05) is 0 Å². The third-order valence-electron chi connectivity index (χ3n) is 5.55. The van der Waals surface area contributed by atoms with Crippen LogP contribution in [0, 0.1) is 19.7 Å². The first-order valence-electron chi connectivity index (χ1n) is 10.0. The first kappa shape index (κ1) is 19.1. The normalized spacial score (nSPS) is 12.4. The van der Waals surface area contributed by atoms with Gasteiger partial charge in [0.15, 0.2) is 0 Å². The third kappa shape index (κ3) is 3.18. The lowest BCUT2D eigenvalue weighted by atomic mass is 10.0. The van der Waals surface area contributed by atoms with Gasteiger partial charge in [-0.1, -0.05) is 41.6 Å². The summed E-state index contributed by atoms with van der Waals surface area (Å²) in [6.07, 6.45) is 1.62. The number of pyridine rings is 1. The molecule has 5 rings (SSSR count). The zero-order chi connectivity index (χ0) is 21.5. The van der Waals surface area contributed by atoms with E-state index in [1.807, 2.05) is 63.4 Å². The molecular formula is C24H21FN6. The van der Waals surface area contributed by atoms with Crippen LogP contribution in [0.4, 0.5) is 4.39 Å². The van der Waals surface area contributed by atoms with Crippen LogP contribution in [0.2, 0.25) is 0 Å². The zero-order valence-corrected chi connectivity index (χ0v) is 17.5. The van der Waals surface area contributed by atoms with E-state index < -0.39 is 6.04 Å². The van der Waals surface area contributed by atoms with Crippen LogP contribution < -0.4 is 0 Å². The van der Waals surface area contributed by atoms with E-state index in [0.29, 0.717) is 5.69 Å². The third-order valence-corrected chi connectivity index (χ3v) is 5.55. The number of hydrogen-bond acceptors (Lipinski definition) is 4. The van der Waals surface area contributed by atoms with Crippen molar-refractivity contribution in [1.82, 2.24) is 29.5 Å². The van der Waals surface area contributed by atoms with Crippen molar-refractivity contribution < 1.29 is 4.39 Å². The first-order chi connectivity index (χ1) is 15.0. The molecule has 3 heterocycles. The van der Waals surface area contributed by atoms with Crippen LogP contribution >= 0.6 is 0 Å². The largest absolute Gasteiger partial charge is 0.315 e.